The van der Waals surface area contributed by atoms with Crippen LogP contribution in [0.15, 0.2) is 325 Å². The van der Waals surface area contributed by atoms with Crippen LogP contribution in [0.3, 0.4) is 0 Å². The molecule has 8 nitrogen and oxygen atoms in total. The Balaban J connectivity index is 0.638. The van der Waals surface area contributed by atoms with Gasteiger partial charge in [-0.15, -0.1) is 32.9 Å². The van der Waals surface area contributed by atoms with Gasteiger partial charge in [0.25, 0.3) is 0 Å². The fourth-order valence-electron chi connectivity index (χ4n) is 26.9. The Morgan fingerprint density at radius 2 is 1.52 bits per heavy atom. The van der Waals surface area contributed by atoms with Gasteiger partial charge in [-0.25, -0.2) is 4.99 Å². The van der Waals surface area contributed by atoms with Gasteiger partial charge in [0.1, 0.15) is 11.9 Å². The highest BCUT2D eigenvalue weighted by molar-refractivity contribution is 6.10. The van der Waals surface area contributed by atoms with Crippen molar-refractivity contribution in [3.05, 3.63) is 332 Å². The lowest BCUT2D eigenvalue weighted by molar-refractivity contribution is -0.0297. The van der Waals surface area contributed by atoms with Crippen molar-refractivity contribution >= 4 is 17.5 Å². The molecule has 20 unspecified atom stereocenters. The minimum atomic E-state index is -0.561. The van der Waals surface area contributed by atoms with Crippen LogP contribution in [0.4, 0.5) is 0 Å². The topological polar surface area (TPSA) is 105 Å². The highest BCUT2D eigenvalue weighted by atomic mass is 16.5. The first-order chi connectivity index (χ1) is 60.4. The summed E-state index contributed by atoms with van der Waals surface area (Å²) < 4.78 is 14.8. The molecule has 4 heterocycles. The fraction of sp³-hybridized carbons (Fsp3) is 0.496. The predicted molar refractivity (Wildman–Crippen MR) is 519 cm³/mol. The summed E-state index contributed by atoms with van der Waals surface area (Å²) in [6, 6.07) is 21.2. The Kier molecular flexibility index (Phi) is 28.8. The Morgan fingerprint density at radius 3 is 2.26 bits per heavy atom. The fourth-order valence-corrected chi connectivity index (χ4v) is 26.9. The summed E-state index contributed by atoms with van der Waals surface area (Å²) in [4.78, 5) is 10.5. The highest BCUT2D eigenvalue weighted by Gasteiger charge is 2.61. The standard InChI is InChI=1S/C115H146N6O2/c1-12-21-37-87-72-114(77(11)16-5,73-88(87)38-22-13-2)96(18-7)107(122-70-15-4)68-67-101(84-60-56-81(57-61-84)80-54-58-82(59-55-80)95-71-105(89(74-116)35-14-3)119-103-47-30-27-41-91(95)103)117-69-33-32-36-76(10)90-44-34-46-99-108(90)92-42-26-29-45-98(92)115(99)97(19-8)106(20-9)123-113-100(115)65-64-94-109(113)93-43-28-31-48-104(93)121-110(94)85-51-49-78(50-52-85)75-118-111-79(17-6)53-62-86-63-66-102(120-112(86)111)83-39-24-23-25-40-83/h12,14-20,23-26,29-31,33-34,39-40,42,45-51,53,63-66,69,75-77,80-82,84-91,95-96,100-101,103,105,107,110,113,117,119,121H,1,3-9,13,21-22,27-28,32,35-38,41,43-44,52,54-62,67-68,70-74,116H2,2,10-11H3/b69-33+,118-75+. The summed E-state index contributed by atoms with van der Waals surface area (Å²) >= 11 is 0. The number of nitrogens with one attached hydrogen (secondary N) is 3. The van der Waals surface area contributed by atoms with Crippen LogP contribution in [0.2, 0.25) is 0 Å². The first kappa shape index (κ1) is 87.8. The SMILES string of the molecule is C=CCCC1CC(C(C)C=C)(C(C=C)C(CCC(N/C=C/CCC(C)C2CC=CC3=C2c2ccccc2C32C(C=C)=C(C=C)OC3C4=C(C=CC32)C(C2C=CC(/C=N/C3=C5N=C(c6ccccc6)C=CC5CC=C3C=C)=CC2)NC2=C4CCC=C2)C2CCC(C3CCC(C4CC(C(CN)CC=C)NC5C=CCCC54)CC3)CC2)OCC=C)CC1CCCC. The summed E-state index contributed by atoms with van der Waals surface area (Å²) in [7, 11) is 0. The van der Waals surface area contributed by atoms with E-state index in [1.54, 1.807) is 0 Å². The zero-order valence-electron chi connectivity index (χ0n) is 75.0. The van der Waals surface area contributed by atoms with Crippen molar-refractivity contribution in [2.75, 3.05) is 13.2 Å². The van der Waals surface area contributed by atoms with Crippen molar-refractivity contribution < 1.29 is 9.47 Å². The van der Waals surface area contributed by atoms with Gasteiger partial charge in [-0.05, 0) is 312 Å². The van der Waals surface area contributed by atoms with Gasteiger partial charge in [0.2, 0.25) is 0 Å². The van der Waals surface area contributed by atoms with Gasteiger partial charge in [0, 0.05) is 70.4 Å². The number of rotatable bonds is 37. The van der Waals surface area contributed by atoms with Crippen LogP contribution in [0.1, 0.15) is 217 Å². The number of unbranched alkanes of at least 4 members (excludes halogenated alkanes) is 1. The molecular weight excluding hydrogens is 1500 g/mol. The van der Waals surface area contributed by atoms with Gasteiger partial charge < -0.3 is 31.2 Å². The largest absolute Gasteiger partial charge is 0.485 e. The van der Waals surface area contributed by atoms with Gasteiger partial charge in [0.15, 0.2) is 0 Å². The first-order valence-electron chi connectivity index (χ1n) is 48.7. The van der Waals surface area contributed by atoms with E-state index in [1.807, 2.05) is 24.4 Å². The van der Waals surface area contributed by atoms with Gasteiger partial charge in [-0.3, -0.25) is 4.99 Å². The van der Waals surface area contributed by atoms with Crippen LogP contribution >= 0.6 is 0 Å². The molecule has 1 spiro atoms. The second-order valence-corrected chi connectivity index (χ2v) is 39.4. The van der Waals surface area contributed by atoms with Crippen LogP contribution in [-0.2, 0) is 14.9 Å². The molecular formula is C115H146N6O2. The normalized spacial score (nSPS) is 33.2. The smallest absolute Gasteiger partial charge is 0.132 e. The lowest BCUT2D eigenvalue weighted by Crippen LogP contribution is -2.56. The summed E-state index contributed by atoms with van der Waals surface area (Å²) in [5.74, 6) is 8.82. The van der Waals surface area contributed by atoms with Crippen molar-refractivity contribution in [2.45, 2.75) is 242 Å². The lowest BCUT2D eigenvalue weighted by atomic mass is 9.56. The van der Waals surface area contributed by atoms with Crippen LogP contribution < -0.4 is 21.7 Å². The minimum Gasteiger partial charge on any atom is -0.485 e. The Labute approximate surface area is 741 Å². The summed E-state index contributed by atoms with van der Waals surface area (Å²) in [6.07, 6.45) is 90.0. The average molecular weight is 1640 g/mol. The van der Waals surface area contributed by atoms with Crippen molar-refractivity contribution in [3.63, 3.8) is 0 Å². The number of ether oxygens (including phenoxy) is 2. The second kappa shape index (κ2) is 40.3. The van der Waals surface area contributed by atoms with E-state index >= 15 is 0 Å². The van der Waals surface area contributed by atoms with Crippen LogP contribution in [0.25, 0.3) is 5.57 Å². The number of aliphatic imine (C=N–C) groups is 2. The van der Waals surface area contributed by atoms with E-state index < -0.39 is 5.41 Å². The van der Waals surface area contributed by atoms with Gasteiger partial charge >= 0.3 is 0 Å². The van der Waals surface area contributed by atoms with Crippen LogP contribution in [0, 0.1) is 100 Å². The van der Waals surface area contributed by atoms with Gasteiger partial charge in [0.05, 0.1) is 41.3 Å². The van der Waals surface area contributed by atoms with Gasteiger partial charge in [-0.1, -0.05) is 236 Å². The number of dihydropyridines is 2. The zero-order valence-corrected chi connectivity index (χ0v) is 75.0. The van der Waals surface area contributed by atoms with E-state index in [9.17, 15) is 0 Å². The molecule has 14 aliphatic rings. The minimum absolute atomic E-state index is 0.0245. The molecule has 0 aromatic heterocycles. The third-order valence-corrected chi connectivity index (χ3v) is 33.3. The Hall–Kier alpha value is -8.66. The molecule has 8 heteroatoms. The second-order valence-electron chi connectivity index (χ2n) is 39.4. The number of nitrogens with two attached hydrogens (primary N) is 1. The Bertz CT molecular complexity index is 4750. The molecule has 3 saturated carbocycles. The number of nitrogens with zero attached hydrogens (tertiary/aromatic N) is 2. The van der Waals surface area contributed by atoms with E-state index in [1.165, 1.54) is 154 Å². The maximum absolute atomic E-state index is 7.61. The van der Waals surface area contributed by atoms with Crippen molar-refractivity contribution in [1.29, 1.82) is 0 Å². The monoisotopic (exact) mass is 1640 g/mol. The highest BCUT2D eigenvalue weighted by Crippen LogP contribution is 2.66. The number of hydrogen-bond donors (Lipinski definition) is 4. The summed E-state index contributed by atoms with van der Waals surface area (Å²) in [6.45, 7) is 44.0. The predicted octanol–water partition coefficient (Wildman–Crippen LogP) is 26.4. The molecule has 0 radical (unpaired) electrons. The molecule has 0 bridgehead atoms. The molecule has 20 atom stereocenters. The molecule has 648 valence electrons. The van der Waals surface area contributed by atoms with Crippen molar-refractivity contribution in [3.8, 4) is 0 Å². The van der Waals surface area contributed by atoms with Crippen molar-refractivity contribution in [1.82, 2.24) is 16.0 Å². The molecule has 2 aromatic rings. The number of allylic oxidation sites excluding steroid dienone is 21. The van der Waals surface area contributed by atoms with E-state index in [0.717, 1.165) is 152 Å². The molecule has 0 amide bonds. The Morgan fingerprint density at radius 1 is 0.724 bits per heavy atom. The maximum Gasteiger partial charge on any atom is 0.132 e. The molecule has 1 saturated heterocycles. The molecule has 5 N–H and O–H groups in total. The van der Waals surface area contributed by atoms with E-state index in [2.05, 4.69) is 265 Å². The summed E-state index contributed by atoms with van der Waals surface area (Å²) in [5.41, 5.74) is 24.1. The first-order valence-corrected chi connectivity index (χ1v) is 48.7. The lowest BCUT2D eigenvalue weighted by Gasteiger charge is -2.52. The quantitative estimate of drug-likeness (QED) is 0.0397. The molecule has 4 fully saturated rings. The third-order valence-electron chi connectivity index (χ3n) is 33.3. The average Bonchev–Trinajstić information content (AvgIpc) is 1.55. The maximum atomic E-state index is 7.61. The van der Waals surface area contributed by atoms with E-state index in [-0.39, 0.29) is 47.3 Å². The number of hydrogen-bond acceptors (Lipinski definition) is 8. The van der Waals surface area contributed by atoms with Gasteiger partial charge in [-0.2, -0.15) is 0 Å². The van der Waals surface area contributed by atoms with E-state index in [4.69, 9.17) is 31.8 Å². The molecule has 2 aromatic carbocycles. The van der Waals surface area contributed by atoms with Crippen molar-refractivity contribution in [2.24, 2.45) is 116 Å². The summed E-state index contributed by atoms with van der Waals surface area (Å²) in [5, 5.41) is 12.5. The van der Waals surface area contributed by atoms with E-state index in [0.29, 0.717) is 66.2 Å². The molecule has 123 heavy (non-hydrogen) atoms. The number of piperidine rings is 1. The molecule has 10 aliphatic carbocycles. The molecule has 4 aliphatic heterocycles. The molecule has 16 rings (SSSR count). The third kappa shape index (κ3) is 17.6. The number of fused-ring (bicyclic) bond motifs is 10. The zero-order chi connectivity index (χ0) is 85.1. The number of benzene rings is 2. The van der Waals surface area contributed by atoms with Crippen LogP contribution in [-0.4, -0.2) is 61.5 Å². The van der Waals surface area contributed by atoms with Crippen LogP contribution in [0.5, 0.6) is 0 Å².